The second-order valence-corrected chi connectivity index (χ2v) is 4.76. The van der Waals surface area contributed by atoms with Crippen molar-refractivity contribution < 1.29 is 4.79 Å². The van der Waals surface area contributed by atoms with E-state index < -0.39 is 0 Å². The van der Waals surface area contributed by atoms with E-state index in [-0.39, 0.29) is 11.7 Å². The average molecular weight is 238 g/mol. The number of Topliss-reactive ketones (excluding diaryl/α,β-unsaturated/α-hetero) is 1. The lowest BCUT2D eigenvalue weighted by molar-refractivity contribution is 0.0929. The molecule has 92 valence electrons. The fourth-order valence-corrected chi connectivity index (χ4v) is 2.15. The van der Waals surface area contributed by atoms with Crippen LogP contribution in [0.2, 0.25) is 0 Å². The molecule has 1 heteroatoms. The van der Waals surface area contributed by atoms with E-state index in [1.807, 2.05) is 49.4 Å². The van der Waals surface area contributed by atoms with Crippen molar-refractivity contribution in [2.45, 2.75) is 20.3 Å². The smallest absolute Gasteiger partial charge is 0.165 e. The fourth-order valence-electron chi connectivity index (χ4n) is 2.15. The Bertz CT molecular complexity index is 528. The lowest BCUT2D eigenvalue weighted by Crippen LogP contribution is -2.14. The van der Waals surface area contributed by atoms with Crippen molar-refractivity contribution in [3.63, 3.8) is 0 Å². The molecule has 1 atom stereocenters. The van der Waals surface area contributed by atoms with E-state index in [1.165, 1.54) is 11.1 Å². The summed E-state index contributed by atoms with van der Waals surface area (Å²) in [4.78, 5) is 12.3. The van der Waals surface area contributed by atoms with Gasteiger partial charge in [0.05, 0.1) is 0 Å². The summed E-state index contributed by atoms with van der Waals surface area (Å²) in [5.41, 5.74) is 3.32. The standard InChI is InChI=1S/C17H18O/c1-13-8-6-7-11-16(13)12-14(2)17(18)15-9-4-3-5-10-15/h3-11,14H,12H2,1-2H3. The van der Waals surface area contributed by atoms with Gasteiger partial charge in [0.2, 0.25) is 0 Å². The van der Waals surface area contributed by atoms with E-state index in [2.05, 4.69) is 19.1 Å². The molecule has 0 spiro atoms. The zero-order valence-corrected chi connectivity index (χ0v) is 10.9. The van der Waals surface area contributed by atoms with Crippen molar-refractivity contribution in [1.82, 2.24) is 0 Å². The monoisotopic (exact) mass is 238 g/mol. The van der Waals surface area contributed by atoms with Gasteiger partial charge in [0.25, 0.3) is 0 Å². The number of carbonyl (C=O) groups excluding carboxylic acids is 1. The fraction of sp³-hybridized carbons (Fsp3) is 0.235. The average Bonchev–Trinajstić information content (AvgIpc) is 2.41. The number of ketones is 1. The van der Waals surface area contributed by atoms with Gasteiger partial charge in [-0.05, 0) is 24.5 Å². The largest absolute Gasteiger partial charge is 0.294 e. The minimum absolute atomic E-state index is 0.0218. The number of carbonyl (C=O) groups is 1. The highest BCUT2D eigenvalue weighted by molar-refractivity contribution is 5.97. The Morgan fingerprint density at radius 3 is 2.28 bits per heavy atom. The van der Waals surface area contributed by atoms with Gasteiger partial charge in [0, 0.05) is 11.5 Å². The molecule has 2 aromatic rings. The zero-order valence-electron chi connectivity index (χ0n) is 10.9. The molecular formula is C17H18O. The molecule has 0 fully saturated rings. The van der Waals surface area contributed by atoms with Crippen LogP contribution in [0.4, 0.5) is 0 Å². The van der Waals surface area contributed by atoms with Crippen molar-refractivity contribution in [3.8, 4) is 0 Å². The van der Waals surface area contributed by atoms with Gasteiger partial charge in [-0.25, -0.2) is 0 Å². The quantitative estimate of drug-likeness (QED) is 0.734. The number of hydrogen-bond acceptors (Lipinski definition) is 1. The Balaban J connectivity index is 2.11. The number of rotatable bonds is 4. The van der Waals surface area contributed by atoms with Gasteiger partial charge < -0.3 is 0 Å². The molecule has 18 heavy (non-hydrogen) atoms. The van der Waals surface area contributed by atoms with Crippen LogP contribution in [0.25, 0.3) is 0 Å². The molecule has 0 saturated heterocycles. The van der Waals surface area contributed by atoms with Crippen LogP contribution in [-0.4, -0.2) is 5.78 Å². The van der Waals surface area contributed by atoms with Crippen LogP contribution in [0.1, 0.15) is 28.4 Å². The Hall–Kier alpha value is -1.89. The van der Waals surface area contributed by atoms with E-state index in [4.69, 9.17) is 0 Å². The second-order valence-electron chi connectivity index (χ2n) is 4.76. The van der Waals surface area contributed by atoms with Crippen LogP contribution in [0.15, 0.2) is 54.6 Å². The van der Waals surface area contributed by atoms with Gasteiger partial charge in [0.15, 0.2) is 5.78 Å². The van der Waals surface area contributed by atoms with Crippen LogP contribution < -0.4 is 0 Å². The Kier molecular flexibility index (Phi) is 3.93. The van der Waals surface area contributed by atoms with Gasteiger partial charge in [0.1, 0.15) is 0 Å². The summed E-state index contributed by atoms with van der Waals surface area (Å²) >= 11 is 0. The third-order valence-corrected chi connectivity index (χ3v) is 3.29. The summed E-state index contributed by atoms with van der Waals surface area (Å²) in [6, 6.07) is 17.8. The van der Waals surface area contributed by atoms with E-state index in [0.717, 1.165) is 12.0 Å². The third kappa shape index (κ3) is 2.86. The summed E-state index contributed by atoms with van der Waals surface area (Å²) < 4.78 is 0. The summed E-state index contributed by atoms with van der Waals surface area (Å²) in [7, 11) is 0. The number of aryl methyl sites for hydroxylation is 1. The Morgan fingerprint density at radius 2 is 1.61 bits per heavy atom. The molecule has 0 aliphatic carbocycles. The van der Waals surface area contributed by atoms with Crippen molar-refractivity contribution in [2.24, 2.45) is 5.92 Å². The lowest BCUT2D eigenvalue weighted by atomic mass is 9.91. The lowest BCUT2D eigenvalue weighted by Gasteiger charge is -2.12. The topological polar surface area (TPSA) is 17.1 Å². The summed E-state index contributed by atoms with van der Waals surface area (Å²) in [6.45, 7) is 4.09. The van der Waals surface area contributed by atoms with Crippen LogP contribution in [0.3, 0.4) is 0 Å². The molecule has 0 radical (unpaired) electrons. The Morgan fingerprint density at radius 1 is 1.00 bits per heavy atom. The zero-order chi connectivity index (χ0) is 13.0. The van der Waals surface area contributed by atoms with E-state index >= 15 is 0 Å². The molecule has 0 bridgehead atoms. The van der Waals surface area contributed by atoms with Crippen LogP contribution in [0.5, 0.6) is 0 Å². The Labute approximate surface area is 108 Å². The normalized spacial score (nSPS) is 12.1. The van der Waals surface area contributed by atoms with Gasteiger partial charge in [-0.3, -0.25) is 4.79 Å². The highest BCUT2D eigenvalue weighted by atomic mass is 16.1. The first-order chi connectivity index (χ1) is 8.68. The van der Waals surface area contributed by atoms with Crippen LogP contribution in [-0.2, 0) is 6.42 Å². The maximum absolute atomic E-state index is 12.3. The number of benzene rings is 2. The summed E-state index contributed by atoms with van der Waals surface area (Å²) in [6.07, 6.45) is 0.806. The predicted octanol–water partition coefficient (Wildman–Crippen LogP) is 4.06. The molecule has 0 N–H and O–H groups in total. The van der Waals surface area contributed by atoms with Crippen molar-refractivity contribution in [2.75, 3.05) is 0 Å². The van der Waals surface area contributed by atoms with Crippen molar-refractivity contribution >= 4 is 5.78 Å². The summed E-state index contributed by atoms with van der Waals surface area (Å²) in [5, 5.41) is 0. The second kappa shape index (κ2) is 5.63. The van der Waals surface area contributed by atoms with Crippen LogP contribution >= 0.6 is 0 Å². The van der Waals surface area contributed by atoms with Gasteiger partial charge >= 0.3 is 0 Å². The molecule has 1 nitrogen and oxygen atoms in total. The molecule has 0 aromatic heterocycles. The van der Waals surface area contributed by atoms with Crippen molar-refractivity contribution in [3.05, 3.63) is 71.3 Å². The molecule has 0 saturated carbocycles. The van der Waals surface area contributed by atoms with E-state index in [1.54, 1.807) is 0 Å². The van der Waals surface area contributed by atoms with Gasteiger partial charge in [-0.2, -0.15) is 0 Å². The number of hydrogen-bond donors (Lipinski definition) is 0. The summed E-state index contributed by atoms with van der Waals surface area (Å²) in [5.74, 6) is 0.243. The first-order valence-electron chi connectivity index (χ1n) is 6.32. The first-order valence-corrected chi connectivity index (χ1v) is 6.32. The maximum atomic E-state index is 12.3. The maximum Gasteiger partial charge on any atom is 0.165 e. The minimum atomic E-state index is 0.0218. The molecule has 0 heterocycles. The first kappa shape index (κ1) is 12.6. The molecule has 2 rings (SSSR count). The molecule has 2 aromatic carbocycles. The van der Waals surface area contributed by atoms with Gasteiger partial charge in [-0.1, -0.05) is 61.5 Å². The SMILES string of the molecule is Cc1ccccc1CC(C)C(=O)c1ccccc1. The minimum Gasteiger partial charge on any atom is -0.294 e. The molecule has 0 aliphatic rings. The molecule has 0 amide bonds. The molecular weight excluding hydrogens is 220 g/mol. The van der Waals surface area contributed by atoms with E-state index in [9.17, 15) is 4.79 Å². The predicted molar refractivity (Wildman–Crippen MR) is 74.8 cm³/mol. The molecule has 0 aliphatic heterocycles. The van der Waals surface area contributed by atoms with Gasteiger partial charge in [-0.15, -0.1) is 0 Å². The van der Waals surface area contributed by atoms with Crippen molar-refractivity contribution in [1.29, 1.82) is 0 Å². The highest BCUT2D eigenvalue weighted by Gasteiger charge is 2.15. The highest BCUT2D eigenvalue weighted by Crippen LogP contribution is 2.16. The third-order valence-electron chi connectivity index (χ3n) is 3.29. The van der Waals surface area contributed by atoms with E-state index in [0.29, 0.717) is 0 Å². The van der Waals surface area contributed by atoms with Crippen LogP contribution in [0, 0.1) is 12.8 Å². The molecule has 1 unspecified atom stereocenters.